The van der Waals surface area contributed by atoms with Crippen molar-refractivity contribution in [3.8, 4) is 11.5 Å². The van der Waals surface area contributed by atoms with Crippen molar-refractivity contribution in [2.24, 2.45) is 0 Å². The van der Waals surface area contributed by atoms with Gasteiger partial charge >= 0.3 is 0 Å². The highest BCUT2D eigenvalue weighted by atomic mass is 16.5. The van der Waals surface area contributed by atoms with E-state index in [1.165, 1.54) is 4.57 Å². The summed E-state index contributed by atoms with van der Waals surface area (Å²) in [5, 5.41) is 2.81. The highest BCUT2D eigenvalue weighted by molar-refractivity contribution is 5.75. The van der Waals surface area contributed by atoms with Crippen molar-refractivity contribution >= 4 is 5.91 Å². The molecule has 1 amide bonds. The van der Waals surface area contributed by atoms with Crippen LogP contribution in [0, 0.1) is 6.92 Å². The lowest BCUT2D eigenvalue weighted by Gasteiger charge is -2.12. The molecule has 0 aliphatic carbocycles. The lowest BCUT2D eigenvalue weighted by atomic mass is 10.2. The number of nitrogens with one attached hydrogen (secondary N) is 1. The highest BCUT2D eigenvalue weighted by Gasteiger charge is 2.08. The van der Waals surface area contributed by atoms with Crippen LogP contribution in [0.1, 0.15) is 24.5 Å². The number of amides is 1. The average molecular weight is 344 g/mol. The summed E-state index contributed by atoms with van der Waals surface area (Å²) in [4.78, 5) is 24.0. The summed E-state index contributed by atoms with van der Waals surface area (Å²) in [6.07, 6.45) is 2.52. The minimum atomic E-state index is -0.224. The molecule has 25 heavy (non-hydrogen) atoms. The number of carbonyl (C=O) groups is 1. The van der Waals surface area contributed by atoms with Crippen LogP contribution in [0.25, 0.3) is 0 Å². The third-order valence-corrected chi connectivity index (χ3v) is 3.70. The van der Waals surface area contributed by atoms with Gasteiger partial charge in [-0.05, 0) is 37.1 Å². The molecule has 1 aromatic carbocycles. The van der Waals surface area contributed by atoms with Gasteiger partial charge < -0.3 is 19.4 Å². The summed E-state index contributed by atoms with van der Waals surface area (Å²) >= 11 is 0. The summed E-state index contributed by atoms with van der Waals surface area (Å²) in [7, 11) is 1.58. The average Bonchev–Trinajstić information content (AvgIpc) is 2.62. The molecule has 134 valence electrons. The van der Waals surface area contributed by atoms with Gasteiger partial charge in [-0.2, -0.15) is 0 Å². The van der Waals surface area contributed by atoms with Crippen molar-refractivity contribution in [1.82, 2.24) is 9.88 Å². The van der Waals surface area contributed by atoms with Crippen LogP contribution in [-0.4, -0.2) is 24.2 Å². The molecule has 0 aliphatic heterocycles. The van der Waals surface area contributed by atoms with Crippen LogP contribution < -0.4 is 20.3 Å². The van der Waals surface area contributed by atoms with Gasteiger partial charge in [-0.25, -0.2) is 0 Å². The Balaban J connectivity index is 1.97. The van der Waals surface area contributed by atoms with Crippen LogP contribution in [-0.2, 0) is 17.9 Å². The van der Waals surface area contributed by atoms with Crippen molar-refractivity contribution < 1.29 is 14.3 Å². The van der Waals surface area contributed by atoms with Crippen molar-refractivity contribution in [2.75, 3.05) is 13.7 Å². The van der Waals surface area contributed by atoms with E-state index in [-0.39, 0.29) is 18.0 Å². The van der Waals surface area contributed by atoms with E-state index in [9.17, 15) is 9.59 Å². The topological polar surface area (TPSA) is 69.6 Å². The number of rotatable bonds is 8. The maximum atomic E-state index is 12.1. The first-order valence-electron chi connectivity index (χ1n) is 8.27. The molecule has 0 fully saturated rings. The molecule has 6 heteroatoms. The maximum absolute atomic E-state index is 12.1. The molecular formula is C19H24N2O4. The van der Waals surface area contributed by atoms with Crippen LogP contribution in [0.15, 0.2) is 41.3 Å². The third kappa shape index (κ3) is 5.11. The molecule has 2 rings (SSSR count). The highest BCUT2D eigenvalue weighted by Crippen LogP contribution is 2.28. The number of aromatic nitrogens is 1. The number of aryl methyl sites for hydroxylation is 1. The molecule has 0 unspecified atom stereocenters. The second kappa shape index (κ2) is 8.92. The van der Waals surface area contributed by atoms with Crippen molar-refractivity contribution in [1.29, 1.82) is 0 Å². The predicted octanol–water partition coefficient (Wildman–Crippen LogP) is 2.27. The molecule has 0 saturated carbocycles. The summed E-state index contributed by atoms with van der Waals surface area (Å²) in [6, 6.07) is 9.03. The standard InChI is InChI=1S/C19H24N2O4/c1-4-10-25-16-8-7-15(11-17(16)24-3)12-20-18(22)13-21-9-5-6-14(2)19(21)23/h5-9,11H,4,10,12-13H2,1-3H3,(H,20,22). The first-order chi connectivity index (χ1) is 12.0. The zero-order valence-corrected chi connectivity index (χ0v) is 14.9. The lowest BCUT2D eigenvalue weighted by Crippen LogP contribution is -2.32. The molecule has 1 aromatic heterocycles. The van der Waals surface area contributed by atoms with E-state index < -0.39 is 0 Å². The molecule has 0 aliphatic rings. The third-order valence-electron chi connectivity index (χ3n) is 3.70. The van der Waals surface area contributed by atoms with E-state index in [4.69, 9.17) is 9.47 Å². The van der Waals surface area contributed by atoms with Gasteiger partial charge in [0, 0.05) is 18.3 Å². The molecular weight excluding hydrogens is 320 g/mol. The second-order valence-electron chi connectivity index (χ2n) is 5.73. The Labute approximate surface area is 147 Å². The maximum Gasteiger partial charge on any atom is 0.253 e. The largest absolute Gasteiger partial charge is 0.493 e. The summed E-state index contributed by atoms with van der Waals surface area (Å²) in [5.74, 6) is 1.10. The first-order valence-corrected chi connectivity index (χ1v) is 8.27. The Kier molecular flexibility index (Phi) is 6.62. The van der Waals surface area contributed by atoms with E-state index in [1.54, 1.807) is 32.4 Å². The Bertz CT molecular complexity index is 783. The number of nitrogens with zero attached hydrogens (tertiary/aromatic N) is 1. The summed E-state index contributed by atoms with van der Waals surface area (Å²) < 4.78 is 12.3. The van der Waals surface area contributed by atoms with Crippen molar-refractivity contribution in [3.63, 3.8) is 0 Å². The number of ether oxygens (including phenoxy) is 2. The number of hydrogen-bond donors (Lipinski definition) is 1. The zero-order chi connectivity index (χ0) is 18.2. The van der Waals surface area contributed by atoms with E-state index in [0.29, 0.717) is 30.2 Å². The number of carbonyl (C=O) groups excluding carboxylic acids is 1. The monoisotopic (exact) mass is 344 g/mol. The van der Waals surface area contributed by atoms with E-state index in [2.05, 4.69) is 5.32 Å². The normalized spacial score (nSPS) is 10.4. The fourth-order valence-corrected chi connectivity index (χ4v) is 2.35. The van der Waals surface area contributed by atoms with Gasteiger partial charge in [0.2, 0.25) is 5.91 Å². The fourth-order valence-electron chi connectivity index (χ4n) is 2.35. The van der Waals surface area contributed by atoms with Gasteiger partial charge in [-0.1, -0.05) is 19.1 Å². The Morgan fingerprint density at radius 2 is 2.04 bits per heavy atom. The number of benzene rings is 1. The number of hydrogen-bond acceptors (Lipinski definition) is 4. The minimum Gasteiger partial charge on any atom is -0.493 e. The number of pyridine rings is 1. The summed E-state index contributed by atoms with van der Waals surface area (Å²) in [5.41, 5.74) is 1.35. The lowest BCUT2D eigenvalue weighted by molar-refractivity contribution is -0.121. The molecule has 0 atom stereocenters. The number of methoxy groups -OCH3 is 1. The molecule has 6 nitrogen and oxygen atoms in total. The molecule has 1 N–H and O–H groups in total. The van der Waals surface area contributed by atoms with Crippen LogP contribution in [0.2, 0.25) is 0 Å². The SMILES string of the molecule is CCCOc1ccc(CNC(=O)Cn2cccc(C)c2=O)cc1OC. The van der Waals surface area contributed by atoms with Gasteiger partial charge in [0.1, 0.15) is 6.54 Å². The van der Waals surface area contributed by atoms with Crippen LogP contribution >= 0.6 is 0 Å². The Hall–Kier alpha value is -2.76. The Morgan fingerprint density at radius 3 is 2.76 bits per heavy atom. The van der Waals surface area contributed by atoms with Crippen LogP contribution in [0.5, 0.6) is 11.5 Å². The van der Waals surface area contributed by atoms with Crippen LogP contribution in [0.4, 0.5) is 0 Å². The van der Waals surface area contributed by atoms with E-state index in [1.807, 2.05) is 25.1 Å². The second-order valence-corrected chi connectivity index (χ2v) is 5.73. The van der Waals surface area contributed by atoms with E-state index >= 15 is 0 Å². The van der Waals surface area contributed by atoms with Crippen molar-refractivity contribution in [2.45, 2.75) is 33.4 Å². The van der Waals surface area contributed by atoms with Crippen molar-refractivity contribution in [3.05, 3.63) is 58.0 Å². The molecule has 2 aromatic rings. The predicted molar refractivity (Wildman–Crippen MR) is 96.1 cm³/mol. The molecule has 1 heterocycles. The van der Waals surface area contributed by atoms with Crippen LogP contribution in [0.3, 0.4) is 0 Å². The van der Waals surface area contributed by atoms with Gasteiger partial charge in [0.15, 0.2) is 11.5 Å². The quantitative estimate of drug-likeness (QED) is 0.797. The van der Waals surface area contributed by atoms with E-state index in [0.717, 1.165) is 12.0 Å². The molecule has 0 radical (unpaired) electrons. The summed E-state index contributed by atoms with van der Waals surface area (Å²) in [6.45, 7) is 4.73. The van der Waals surface area contributed by atoms with Gasteiger partial charge in [0.05, 0.1) is 13.7 Å². The molecule has 0 bridgehead atoms. The zero-order valence-electron chi connectivity index (χ0n) is 14.9. The molecule has 0 saturated heterocycles. The van der Waals surface area contributed by atoms with Gasteiger partial charge in [0.25, 0.3) is 5.56 Å². The Morgan fingerprint density at radius 1 is 1.24 bits per heavy atom. The van der Waals surface area contributed by atoms with Gasteiger partial charge in [-0.3, -0.25) is 9.59 Å². The molecule has 0 spiro atoms. The fraction of sp³-hybridized carbons (Fsp3) is 0.368. The first kappa shape index (κ1) is 18.6. The smallest absolute Gasteiger partial charge is 0.253 e. The minimum absolute atomic E-state index is 0.00462. The van der Waals surface area contributed by atoms with Gasteiger partial charge in [-0.15, -0.1) is 0 Å².